The molecular formula is C8H8I2O3S. The first-order valence-electron chi connectivity index (χ1n) is 3.74. The summed E-state index contributed by atoms with van der Waals surface area (Å²) in [5.41, 5.74) is 1.06. The highest BCUT2D eigenvalue weighted by atomic mass is 127. The summed E-state index contributed by atoms with van der Waals surface area (Å²) >= 11 is 4.58. The van der Waals surface area contributed by atoms with Crippen LogP contribution in [-0.4, -0.2) is 14.9 Å². The van der Waals surface area contributed by atoms with E-state index in [4.69, 9.17) is 4.55 Å². The molecule has 1 rings (SSSR count). The van der Waals surface area contributed by atoms with Crippen molar-refractivity contribution in [1.29, 1.82) is 0 Å². The molecule has 0 aliphatic rings. The van der Waals surface area contributed by atoms with Gasteiger partial charge in [0.05, 0.1) is 6.83 Å². The van der Waals surface area contributed by atoms with Crippen LogP contribution >= 0.6 is 45.2 Å². The van der Waals surface area contributed by atoms with Crippen molar-refractivity contribution < 1.29 is 13.0 Å². The summed E-state index contributed by atoms with van der Waals surface area (Å²) in [7, 11) is -4.05. The molecule has 6 heteroatoms. The normalized spacial score (nSPS) is 12.0. The zero-order valence-corrected chi connectivity index (χ0v) is 12.2. The molecule has 0 atom stereocenters. The van der Waals surface area contributed by atoms with Crippen LogP contribution in [0.25, 0.3) is 0 Å². The Morgan fingerprint density at radius 3 is 2.07 bits per heavy atom. The van der Waals surface area contributed by atoms with Crippen molar-refractivity contribution in [2.75, 3.05) is 0 Å². The van der Waals surface area contributed by atoms with Crippen molar-refractivity contribution in [3.05, 3.63) is 29.8 Å². The zero-order chi connectivity index (χ0) is 10.8. The number of benzene rings is 1. The number of hydrogen-bond donors (Lipinski definition) is 1. The van der Waals surface area contributed by atoms with E-state index in [1.165, 1.54) is 12.1 Å². The SMILES string of the molecule is O=S(=O)(O)c1ccc(CC(I)I)cc1. The molecule has 78 valence electrons. The molecule has 0 aliphatic carbocycles. The second-order valence-electron chi connectivity index (χ2n) is 2.71. The van der Waals surface area contributed by atoms with E-state index in [9.17, 15) is 8.42 Å². The highest BCUT2D eigenvalue weighted by Gasteiger charge is 2.08. The van der Waals surface area contributed by atoms with Crippen molar-refractivity contribution in [2.45, 2.75) is 13.2 Å². The highest BCUT2D eigenvalue weighted by molar-refractivity contribution is 14.2. The van der Waals surface area contributed by atoms with Gasteiger partial charge >= 0.3 is 0 Å². The van der Waals surface area contributed by atoms with Crippen LogP contribution < -0.4 is 0 Å². The minimum Gasteiger partial charge on any atom is -0.282 e. The van der Waals surface area contributed by atoms with Gasteiger partial charge in [-0.15, -0.1) is 0 Å². The van der Waals surface area contributed by atoms with Crippen molar-refractivity contribution in [1.82, 2.24) is 0 Å². The molecule has 3 nitrogen and oxygen atoms in total. The monoisotopic (exact) mass is 438 g/mol. The molecule has 14 heavy (non-hydrogen) atoms. The topological polar surface area (TPSA) is 54.4 Å². The number of alkyl halides is 2. The lowest BCUT2D eigenvalue weighted by molar-refractivity contribution is 0.483. The summed E-state index contributed by atoms with van der Waals surface area (Å²) in [5.74, 6) is 0. The summed E-state index contributed by atoms with van der Waals surface area (Å²) in [6.07, 6.45) is 0.882. The predicted octanol–water partition coefficient (Wildman–Crippen LogP) is 2.67. The van der Waals surface area contributed by atoms with Gasteiger partial charge < -0.3 is 0 Å². The maximum absolute atomic E-state index is 10.7. The van der Waals surface area contributed by atoms with Gasteiger partial charge in [0.15, 0.2) is 0 Å². The fourth-order valence-corrected chi connectivity index (χ4v) is 2.47. The summed E-state index contributed by atoms with van der Waals surface area (Å²) in [6, 6.07) is 6.27. The molecule has 0 saturated carbocycles. The molecule has 0 aliphatic heterocycles. The smallest absolute Gasteiger partial charge is 0.282 e. The maximum atomic E-state index is 10.7. The lowest BCUT2D eigenvalue weighted by Crippen LogP contribution is -1.99. The molecule has 0 radical (unpaired) electrons. The predicted molar refractivity (Wildman–Crippen MR) is 71.8 cm³/mol. The first-order valence-corrected chi connectivity index (χ1v) is 7.67. The van der Waals surface area contributed by atoms with Crippen LogP contribution in [0.2, 0.25) is 0 Å². The number of rotatable bonds is 3. The van der Waals surface area contributed by atoms with Gasteiger partial charge in [0.2, 0.25) is 0 Å². The Bertz CT molecular complexity index is 397. The van der Waals surface area contributed by atoms with Crippen molar-refractivity contribution in [3.63, 3.8) is 0 Å². The van der Waals surface area contributed by atoms with Crippen LogP contribution in [0, 0.1) is 0 Å². The molecule has 0 aromatic heterocycles. The molecule has 1 aromatic rings. The van der Waals surface area contributed by atoms with E-state index < -0.39 is 10.1 Å². The second kappa shape index (κ2) is 5.08. The van der Waals surface area contributed by atoms with E-state index in [2.05, 4.69) is 45.2 Å². The van der Waals surface area contributed by atoms with E-state index in [1.807, 2.05) is 0 Å². The quantitative estimate of drug-likeness (QED) is 0.449. The molecule has 0 spiro atoms. The van der Waals surface area contributed by atoms with Gasteiger partial charge in [-0.3, -0.25) is 4.55 Å². The maximum Gasteiger partial charge on any atom is 0.294 e. The van der Waals surface area contributed by atoms with Crippen LogP contribution in [0.4, 0.5) is 0 Å². The fourth-order valence-electron chi connectivity index (χ4n) is 0.976. The summed E-state index contributed by atoms with van der Waals surface area (Å²) < 4.78 is 30.6. The van der Waals surface area contributed by atoms with Gasteiger partial charge in [0, 0.05) is 0 Å². The van der Waals surface area contributed by atoms with Crippen LogP contribution in [0.3, 0.4) is 0 Å². The summed E-state index contributed by atoms with van der Waals surface area (Å²) in [5, 5.41) is 0. The molecular weight excluding hydrogens is 430 g/mol. The molecule has 0 fully saturated rings. The van der Waals surface area contributed by atoms with Crippen LogP contribution in [0.5, 0.6) is 0 Å². The van der Waals surface area contributed by atoms with Crippen molar-refractivity contribution in [3.8, 4) is 0 Å². The average Bonchev–Trinajstić information content (AvgIpc) is 2.02. The first kappa shape index (κ1) is 12.7. The van der Waals surface area contributed by atoms with Gasteiger partial charge in [-0.05, 0) is 24.1 Å². The Labute approximate surface area is 110 Å². The number of halogens is 2. The standard InChI is InChI=1S/C8H8I2O3S/c9-8(10)5-6-1-3-7(4-2-6)14(11,12)13/h1-4,8H,5H2,(H,11,12,13). The van der Waals surface area contributed by atoms with E-state index in [0.29, 0.717) is 1.93 Å². The Morgan fingerprint density at radius 2 is 1.71 bits per heavy atom. The molecule has 1 aromatic carbocycles. The summed E-state index contributed by atoms with van der Waals surface area (Å²) in [4.78, 5) is -0.0558. The minimum absolute atomic E-state index is 0.0558. The second-order valence-corrected chi connectivity index (χ2v) is 9.53. The number of hydrogen-bond acceptors (Lipinski definition) is 2. The van der Waals surface area contributed by atoms with Gasteiger partial charge in [-0.25, -0.2) is 0 Å². The van der Waals surface area contributed by atoms with Crippen molar-refractivity contribution in [2.24, 2.45) is 0 Å². The summed E-state index contributed by atoms with van der Waals surface area (Å²) in [6.45, 7) is 0. The van der Waals surface area contributed by atoms with Crippen LogP contribution in [-0.2, 0) is 16.5 Å². The van der Waals surface area contributed by atoms with Gasteiger partial charge in [0.1, 0.15) is 0 Å². The van der Waals surface area contributed by atoms with Crippen LogP contribution in [0.1, 0.15) is 5.56 Å². The zero-order valence-electron chi connectivity index (χ0n) is 7.02. The molecule has 0 heterocycles. The molecule has 0 amide bonds. The Hall–Kier alpha value is 0.590. The molecule has 0 unspecified atom stereocenters. The molecule has 0 saturated heterocycles. The van der Waals surface area contributed by atoms with E-state index >= 15 is 0 Å². The largest absolute Gasteiger partial charge is 0.294 e. The lowest BCUT2D eigenvalue weighted by Gasteiger charge is -2.02. The fraction of sp³-hybridized carbons (Fsp3) is 0.250. The molecule has 0 bridgehead atoms. The van der Waals surface area contributed by atoms with Gasteiger partial charge in [0.25, 0.3) is 10.1 Å². The van der Waals surface area contributed by atoms with E-state index in [-0.39, 0.29) is 4.90 Å². The van der Waals surface area contributed by atoms with E-state index in [0.717, 1.165) is 12.0 Å². The third-order valence-electron chi connectivity index (χ3n) is 1.61. The Balaban J connectivity index is 2.90. The Morgan fingerprint density at radius 1 is 1.21 bits per heavy atom. The average molecular weight is 438 g/mol. The highest BCUT2D eigenvalue weighted by Crippen LogP contribution is 2.18. The van der Waals surface area contributed by atoms with Gasteiger partial charge in [-0.1, -0.05) is 57.3 Å². The Kier molecular flexibility index (Phi) is 4.59. The van der Waals surface area contributed by atoms with Crippen molar-refractivity contribution >= 4 is 55.3 Å². The third-order valence-corrected chi connectivity index (χ3v) is 3.36. The van der Waals surface area contributed by atoms with Gasteiger partial charge in [-0.2, -0.15) is 8.42 Å². The van der Waals surface area contributed by atoms with Crippen LogP contribution in [0.15, 0.2) is 29.2 Å². The van der Waals surface area contributed by atoms with E-state index in [1.54, 1.807) is 12.1 Å². The lowest BCUT2D eigenvalue weighted by atomic mass is 10.2. The minimum atomic E-state index is -4.05. The third kappa shape index (κ3) is 3.99. The molecule has 1 N–H and O–H groups in total. The first-order chi connectivity index (χ1) is 6.39.